The number of aliphatic hydroxyl groups is 1. The van der Waals surface area contributed by atoms with Gasteiger partial charge in [-0.15, -0.1) is 0 Å². The topological polar surface area (TPSA) is 44.7 Å². The monoisotopic (exact) mass is 224 g/mol. The summed E-state index contributed by atoms with van der Waals surface area (Å²) in [4.78, 5) is 2.00. The molecular weight excluding hydrogens is 204 g/mol. The Morgan fingerprint density at radius 3 is 2.62 bits per heavy atom. The summed E-state index contributed by atoms with van der Waals surface area (Å²) in [6.07, 6.45) is -0.556. The lowest BCUT2D eigenvalue weighted by atomic mass is 10.1. The molecular formula is C12H20N2O2. The number of rotatable bonds is 5. The Morgan fingerprint density at radius 1 is 1.44 bits per heavy atom. The molecule has 2 N–H and O–H groups in total. The van der Waals surface area contributed by atoms with Gasteiger partial charge in [0.25, 0.3) is 0 Å². The highest BCUT2D eigenvalue weighted by Gasteiger charge is 2.13. The number of nitrogens with one attached hydrogen (secondary N) is 1. The summed E-state index contributed by atoms with van der Waals surface area (Å²) in [7, 11) is 7.36. The largest absolute Gasteiger partial charge is 0.496 e. The van der Waals surface area contributed by atoms with Gasteiger partial charge >= 0.3 is 0 Å². The van der Waals surface area contributed by atoms with Crippen molar-refractivity contribution in [2.45, 2.75) is 6.10 Å². The molecule has 0 heterocycles. The maximum atomic E-state index is 9.98. The second kappa shape index (κ2) is 5.72. The SMILES string of the molecule is CNCC(O)c1cc(N(C)C)ccc1OC. The summed E-state index contributed by atoms with van der Waals surface area (Å²) in [6, 6.07) is 5.79. The summed E-state index contributed by atoms with van der Waals surface area (Å²) >= 11 is 0. The first-order valence-electron chi connectivity index (χ1n) is 5.28. The van der Waals surface area contributed by atoms with E-state index >= 15 is 0 Å². The van der Waals surface area contributed by atoms with Gasteiger partial charge in [0.15, 0.2) is 0 Å². The normalized spacial score (nSPS) is 12.3. The third kappa shape index (κ3) is 2.87. The second-order valence-electron chi connectivity index (χ2n) is 3.89. The van der Waals surface area contributed by atoms with E-state index in [2.05, 4.69) is 5.32 Å². The molecule has 1 atom stereocenters. The predicted molar refractivity (Wildman–Crippen MR) is 66.2 cm³/mol. The summed E-state index contributed by atoms with van der Waals surface area (Å²) < 4.78 is 5.24. The lowest BCUT2D eigenvalue weighted by Crippen LogP contribution is -2.18. The lowest BCUT2D eigenvalue weighted by Gasteiger charge is -2.19. The highest BCUT2D eigenvalue weighted by molar-refractivity contribution is 5.53. The van der Waals surface area contributed by atoms with Crippen molar-refractivity contribution in [3.8, 4) is 5.75 Å². The fraction of sp³-hybridized carbons (Fsp3) is 0.500. The quantitative estimate of drug-likeness (QED) is 0.783. The number of likely N-dealkylation sites (N-methyl/N-ethyl adjacent to an activating group) is 1. The molecule has 1 aromatic carbocycles. The molecule has 0 amide bonds. The standard InChI is InChI=1S/C12H20N2O2/c1-13-8-11(15)10-7-9(14(2)3)5-6-12(10)16-4/h5-7,11,13,15H,8H2,1-4H3. The van der Waals surface area contributed by atoms with Crippen molar-refractivity contribution in [1.82, 2.24) is 5.32 Å². The molecule has 16 heavy (non-hydrogen) atoms. The molecule has 0 aliphatic heterocycles. The van der Waals surface area contributed by atoms with Crippen LogP contribution in [0.5, 0.6) is 5.75 Å². The van der Waals surface area contributed by atoms with Crippen molar-refractivity contribution in [2.24, 2.45) is 0 Å². The molecule has 0 aromatic heterocycles. The van der Waals surface area contributed by atoms with Crippen LogP contribution in [0.15, 0.2) is 18.2 Å². The van der Waals surface area contributed by atoms with E-state index in [0.717, 1.165) is 11.3 Å². The van der Waals surface area contributed by atoms with Crippen LogP contribution >= 0.6 is 0 Å². The van der Waals surface area contributed by atoms with Crippen molar-refractivity contribution in [2.75, 3.05) is 39.7 Å². The number of ether oxygens (including phenoxy) is 1. The molecule has 0 aliphatic carbocycles. The maximum absolute atomic E-state index is 9.98. The van der Waals surface area contributed by atoms with Crippen LogP contribution in [0.3, 0.4) is 0 Å². The van der Waals surface area contributed by atoms with Gasteiger partial charge in [-0.2, -0.15) is 0 Å². The van der Waals surface area contributed by atoms with Gasteiger partial charge in [-0.05, 0) is 25.2 Å². The van der Waals surface area contributed by atoms with Crippen molar-refractivity contribution >= 4 is 5.69 Å². The zero-order valence-corrected chi connectivity index (χ0v) is 10.3. The molecule has 0 fully saturated rings. The van der Waals surface area contributed by atoms with E-state index in [1.807, 2.05) is 44.2 Å². The Hall–Kier alpha value is -1.26. The zero-order valence-electron chi connectivity index (χ0n) is 10.3. The minimum absolute atomic E-state index is 0.507. The number of nitrogens with zero attached hydrogens (tertiary/aromatic N) is 1. The van der Waals surface area contributed by atoms with Crippen LogP contribution in [0.1, 0.15) is 11.7 Å². The van der Waals surface area contributed by atoms with Crippen LogP contribution in [0.4, 0.5) is 5.69 Å². The fourth-order valence-electron chi connectivity index (χ4n) is 1.56. The highest BCUT2D eigenvalue weighted by atomic mass is 16.5. The summed E-state index contributed by atoms with van der Waals surface area (Å²) in [5.41, 5.74) is 1.86. The molecule has 0 saturated carbocycles. The van der Waals surface area contributed by atoms with Crippen LogP contribution in [-0.2, 0) is 0 Å². The summed E-state index contributed by atoms with van der Waals surface area (Å²) in [6.45, 7) is 0.507. The number of aliphatic hydroxyl groups excluding tert-OH is 1. The van der Waals surface area contributed by atoms with Crippen molar-refractivity contribution in [3.63, 3.8) is 0 Å². The Bertz CT molecular complexity index is 340. The van der Waals surface area contributed by atoms with Crippen molar-refractivity contribution < 1.29 is 9.84 Å². The van der Waals surface area contributed by atoms with Crippen molar-refractivity contribution in [3.05, 3.63) is 23.8 Å². The van der Waals surface area contributed by atoms with Gasteiger partial charge in [0.05, 0.1) is 13.2 Å². The van der Waals surface area contributed by atoms with Crippen LogP contribution in [0.2, 0.25) is 0 Å². The number of anilines is 1. The minimum atomic E-state index is -0.556. The first kappa shape index (κ1) is 12.8. The molecule has 0 radical (unpaired) electrons. The Morgan fingerprint density at radius 2 is 2.12 bits per heavy atom. The van der Waals surface area contributed by atoms with Crippen molar-refractivity contribution in [1.29, 1.82) is 0 Å². The van der Waals surface area contributed by atoms with Crippen LogP contribution < -0.4 is 15.0 Å². The average Bonchev–Trinajstić information content (AvgIpc) is 2.28. The van der Waals surface area contributed by atoms with E-state index in [-0.39, 0.29) is 0 Å². The first-order valence-corrected chi connectivity index (χ1v) is 5.28. The zero-order chi connectivity index (χ0) is 12.1. The summed E-state index contributed by atoms with van der Waals surface area (Å²) in [5, 5.41) is 12.9. The molecule has 1 rings (SSSR count). The van der Waals surface area contributed by atoms with E-state index in [1.165, 1.54) is 0 Å². The minimum Gasteiger partial charge on any atom is -0.496 e. The van der Waals surface area contributed by atoms with E-state index < -0.39 is 6.10 Å². The number of hydrogen-bond acceptors (Lipinski definition) is 4. The van der Waals surface area contributed by atoms with E-state index in [0.29, 0.717) is 12.3 Å². The second-order valence-corrected chi connectivity index (χ2v) is 3.89. The molecule has 0 bridgehead atoms. The summed E-state index contributed by atoms with van der Waals surface area (Å²) in [5.74, 6) is 0.716. The molecule has 1 unspecified atom stereocenters. The Kier molecular flexibility index (Phi) is 4.58. The number of methoxy groups -OCH3 is 1. The van der Waals surface area contributed by atoms with E-state index in [4.69, 9.17) is 4.74 Å². The maximum Gasteiger partial charge on any atom is 0.124 e. The predicted octanol–water partition coefficient (Wildman–Crippen LogP) is 1.01. The Labute approximate surface area is 96.8 Å². The molecule has 1 aromatic rings. The molecule has 4 heteroatoms. The lowest BCUT2D eigenvalue weighted by molar-refractivity contribution is 0.173. The van der Waals surface area contributed by atoms with Gasteiger partial charge in [-0.25, -0.2) is 0 Å². The Balaban J connectivity index is 3.06. The molecule has 4 nitrogen and oxygen atoms in total. The van der Waals surface area contributed by atoms with Gasteiger partial charge in [-0.1, -0.05) is 0 Å². The third-order valence-corrected chi connectivity index (χ3v) is 2.49. The number of hydrogen-bond donors (Lipinski definition) is 2. The molecule has 0 spiro atoms. The smallest absolute Gasteiger partial charge is 0.124 e. The number of benzene rings is 1. The van der Waals surface area contributed by atoms with Crippen LogP contribution in [-0.4, -0.2) is 39.9 Å². The fourth-order valence-corrected chi connectivity index (χ4v) is 1.56. The molecule has 0 aliphatic rings. The molecule has 90 valence electrons. The van der Waals surface area contributed by atoms with Gasteiger partial charge in [0, 0.05) is 31.9 Å². The van der Waals surface area contributed by atoms with E-state index in [1.54, 1.807) is 7.11 Å². The van der Waals surface area contributed by atoms with E-state index in [9.17, 15) is 5.11 Å². The third-order valence-electron chi connectivity index (χ3n) is 2.49. The highest BCUT2D eigenvalue weighted by Crippen LogP contribution is 2.28. The van der Waals surface area contributed by atoms with Crippen LogP contribution in [0.25, 0.3) is 0 Å². The molecule has 0 saturated heterocycles. The van der Waals surface area contributed by atoms with Gasteiger partial charge < -0.3 is 20.1 Å². The first-order chi connectivity index (χ1) is 7.60. The van der Waals surface area contributed by atoms with Gasteiger partial charge in [-0.3, -0.25) is 0 Å². The van der Waals surface area contributed by atoms with Crippen LogP contribution in [0, 0.1) is 0 Å². The van der Waals surface area contributed by atoms with Gasteiger partial charge in [0.2, 0.25) is 0 Å². The average molecular weight is 224 g/mol. The van der Waals surface area contributed by atoms with Gasteiger partial charge in [0.1, 0.15) is 5.75 Å².